The van der Waals surface area contributed by atoms with Gasteiger partial charge in [0.2, 0.25) is 0 Å². The molecule has 1 aromatic carbocycles. The van der Waals surface area contributed by atoms with Gasteiger partial charge in [-0.25, -0.2) is 8.42 Å². The highest BCUT2D eigenvalue weighted by Crippen LogP contribution is 2.30. The lowest BCUT2D eigenvalue weighted by Crippen LogP contribution is -2.42. The first-order valence-corrected chi connectivity index (χ1v) is 11.1. The number of benzene rings is 1. The molecule has 0 spiro atoms. The maximum atomic E-state index is 13.1. The Morgan fingerprint density at radius 1 is 1.46 bits per heavy atom. The lowest BCUT2D eigenvalue weighted by atomic mass is 10.1. The monoisotopic (exact) mass is 485 g/mol. The van der Waals surface area contributed by atoms with Crippen LogP contribution in [-0.4, -0.2) is 50.4 Å². The molecule has 1 unspecified atom stereocenters. The number of unbranched alkanes of at least 4 members (excludes halogenated alkanes) is 1. The molecule has 24 heavy (non-hydrogen) atoms. The molecule has 1 atom stereocenters. The number of nitrogens with zero attached hydrogens (tertiary/aromatic N) is 1. The Morgan fingerprint density at radius 3 is 2.71 bits per heavy atom. The Hall–Kier alpha value is -0.540. The van der Waals surface area contributed by atoms with E-state index in [0.717, 1.165) is 16.4 Å². The molecule has 1 saturated heterocycles. The molecule has 0 radical (unpaired) electrons. The van der Waals surface area contributed by atoms with Crippen LogP contribution in [0.5, 0.6) is 5.75 Å². The molecule has 8 heteroatoms. The largest absolute Gasteiger partial charge is 0.496 e. The summed E-state index contributed by atoms with van der Waals surface area (Å²) in [5, 5.41) is 0.481. The minimum atomic E-state index is -3.06. The maximum Gasteiger partial charge on any atom is 0.257 e. The smallest absolute Gasteiger partial charge is 0.257 e. The number of rotatable bonds is 6. The van der Waals surface area contributed by atoms with E-state index < -0.39 is 9.84 Å². The Morgan fingerprint density at radius 2 is 2.17 bits per heavy atom. The van der Waals surface area contributed by atoms with Crippen LogP contribution in [0.15, 0.2) is 12.1 Å². The number of halogens is 2. The van der Waals surface area contributed by atoms with Gasteiger partial charge in [-0.05, 0) is 47.6 Å². The molecular formula is C16H21ClINO4S. The fourth-order valence-corrected chi connectivity index (χ4v) is 5.15. The lowest BCUT2D eigenvalue weighted by molar-refractivity contribution is 0.0690. The fraction of sp³-hybridized carbons (Fsp3) is 0.562. The minimum absolute atomic E-state index is 0.0306. The van der Waals surface area contributed by atoms with Gasteiger partial charge in [0.15, 0.2) is 9.84 Å². The van der Waals surface area contributed by atoms with E-state index in [9.17, 15) is 13.2 Å². The summed E-state index contributed by atoms with van der Waals surface area (Å²) in [6.45, 7) is 2.57. The van der Waals surface area contributed by atoms with Gasteiger partial charge in [-0.3, -0.25) is 4.79 Å². The normalized spacial score (nSPS) is 19.2. The number of methoxy groups -OCH3 is 1. The van der Waals surface area contributed by atoms with Crippen LogP contribution in [0.3, 0.4) is 0 Å². The van der Waals surface area contributed by atoms with E-state index in [-0.39, 0.29) is 23.5 Å². The molecule has 1 aliphatic heterocycles. The Balaban J connectivity index is 2.36. The van der Waals surface area contributed by atoms with Crippen LogP contribution in [0, 0.1) is 3.57 Å². The Bertz CT molecular complexity index is 723. The number of carbonyl (C=O) groups is 1. The van der Waals surface area contributed by atoms with Gasteiger partial charge >= 0.3 is 0 Å². The molecule has 0 saturated carbocycles. The van der Waals surface area contributed by atoms with Crippen molar-refractivity contribution in [3.63, 3.8) is 0 Å². The van der Waals surface area contributed by atoms with Crippen LogP contribution in [0.25, 0.3) is 0 Å². The second kappa shape index (κ2) is 8.23. The molecule has 5 nitrogen and oxygen atoms in total. The van der Waals surface area contributed by atoms with Crippen molar-refractivity contribution in [2.75, 3.05) is 25.2 Å². The third-order valence-corrected chi connectivity index (χ3v) is 7.41. The molecule has 134 valence electrons. The number of hydrogen-bond acceptors (Lipinski definition) is 4. The second-order valence-electron chi connectivity index (χ2n) is 5.88. The van der Waals surface area contributed by atoms with Gasteiger partial charge in [0.05, 0.1) is 29.2 Å². The molecule has 1 amide bonds. The number of carbonyl (C=O) groups excluding carboxylic acids is 1. The molecule has 1 aromatic rings. The van der Waals surface area contributed by atoms with Gasteiger partial charge in [-0.1, -0.05) is 24.9 Å². The molecular weight excluding hydrogens is 465 g/mol. The van der Waals surface area contributed by atoms with Gasteiger partial charge in [0.25, 0.3) is 5.91 Å². The zero-order valence-electron chi connectivity index (χ0n) is 13.7. The van der Waals surface area contributed by atoms with E-state index in [1.54, 1.807) is 17.0 Å². The van der Waals surface area contributed by atoms with Gasteiger partial charge in [0.1, 0.15) is 5.75 Å². The summed E-state index contributed by atoms with van der Waals surface area (Å²) in [4.78, 5) is 14.8. The van der Waals surface area contributed by atoms with Crippen LogP contribution >= 0.6 is 34.2 Å². The average molecular weight is 486 g/mol. The quantitative estimate of drug-likeness (QED) is 0.580. The SMILES string of the molecule is CCCCN(C(=O)c1cc(Cl)c(I)cc1OC)C1CCS(=O)(=O)C1. The van der Waals surface area contributed by atoms with Crippen LogP contribution in [0.1, 0.15) is 36.5 Å². The lowest BCUT2D eigenvalue weighted by Gasteiger charge is -2.29. The van der Waals surface area contributed by atoms with Crippen molar-refractivity contribution in [3.05, 3.63) is 26.3 Å². The van der Waals surface area contributed by atoms with E-state index in [2.05, 4.69) is 22.6 Å². The number of hydrogen-bond donors (Lipinski definition) is 0. The summed E-state index contributed by atoms with van der Waals surface area (Å²) < 4.78 is 29.8. The van der Waals surface area contributed by atoms with E-state index in [4.69, 9.17) is 16.3 Å². The topological polar surface area (TPSA) is 63.7 Å². The highest BCUT2D eigenvalue weighted by atomic mass is 127. The predicted molar refractivity (Wildman–Crippen MR) is 104 cm³/mol. The van der Waals surface area contributed by atoms with Crippen molar-refractivity contribution < 1.29 is 17.9 Å². The van der Waals surface area contributed by atoms with E-state index in [1.807, 2.05) is 6.92 Å². The summed E-state index contributed by atoms with van der Waals surface area (Å²) in [6.07, 6.45) is 2.23. The highest BCUT2D eigenvalue weighted by molar-refractivity contribution is 14.1. The third-order valence-electron chi connectivity index (χ3n) is 4.14. The van der Waals surface area contributed by atoms with Gasteiger partial charge < -0.3 is 9.64 Å². The Labute approximate surface area is 161 Å². The minimum Gasteiger partial charge on any atom is -0.496 e. The van der Waals surface area contributed by atoms with Crippen molar-refractivity contribution >= 4 is 49.9 Å². The summed E-state index contributed by atoms with van der Waals surface area (Å²) in [6, 6.07) is 3.05. The summed E-state index contributed by atoms with van der Waals surface area (Å²) >= 11 is 8.25. The molecule has 0 bridgehead atoms. The third kappa shape index (κ3) is 4.54. The van der Waals surface area contributed by atoms with Crippen LogP contribution < -0.4 is 4.74 Å². The molecule has 0 aromatic heterocycles. The average Bonchev–Trinajstić information content (AvgIpc) is 2.89. The highest BCUT2D eigenvalue weighted by Gasteiger charge is 2.35. The van der Waals surface area contributed by atoms with Crippen LogP contribution in [0.2, 0.25) is 5.02 Å². The summed E-state index contributed by atoms with van der Waals surface area (Å²) in [5.41, 5.74) is 0.378. The van der Waals surface area contributed by atoms with Crippen LogP contribution in [0.4, 0.5) is 0 Å². The van der Waals surface area contributed by atoms with Crippen molar-refractivity contribution in [2.24, 2.45) is 0 Å². The van der Waals surface area contributed by atoms with Gasteiger partial charge in [0, 0.05) is 16.2 Å². The summed E-state index contributed by atoms with van der Waals surface area (Å²) in [7, 11) is -1.56. The number of amides is 1. The van der Waals surface area contributed by atoms with Crippen molar-refractivity contribution in [1.29, 1.82) is 0 Å². The first-order chi connectivity index (χ1) is 11.3. The van der Waals surface area contributed by atoms with Crippen molar-refractivity contribution in [1.82, 2.24) is 4.90 Å². The molecule has 1 aliphatic rings. The van der Waals surface area contributed by atoms with E-state index >= 15 is 0 Å². The molecule has 0 N–H and O–H groups in total. The zero-order chi connectivity index (χ0) is 17.9. The fourth-order valence-electron chi connectivity index (χ4n) is 2.82. The molecule has 1 heterocycles. The molecule has 0 aliphatic carbocycles. The van der Waals surface area contributed by atoms with Crippen molar-refractivity contribution in [3.8, 4) is 5.75 Å². The predicted octanol–water partition coefficient (Wildman–Crippen LogP) is 3.38. The maximum absolute atomic E-state index is 13.1. The first-order valence-electron chi connectivity index (χ1n) is 7.83. The molecule has 1 fully saturated rings. The standard InChI is InChI=1S/C16H21ClINO4S/c1-3-4-6-19(11-5-7-24(21,22)10-11)16(20)12-8-13(17)14(18)9-15(12)23-2/h8-9,11H,3-7,10H2,1-2H3. The van der Waals surface area contributed by atoms with Crippen molar-refractivity contribution in [2.45, 2.75) is 32.2 Å². The summed E-state index contributed by atoms with van der Waals surface area (Å²) in [5.74, 6) is 0.401. The van der Waals surface area contributed by atoms with Crippen LogP contribution in [-0.2, 0) is 9.84 Å². The Kier molecular flexibility index (Phi) is 6.78. The zero-order valence-corrected chi connectivity index (χ0v) is 17.4. The van der Waals surface area contributed by atoms with E-state index in [1.165, 1.54) is 7.11 Å². The van der Waals surface area contributed by atoms with E-state index in [0.29, 0.717) is 29.3 Å². The number of ether oxygens (including phenoxy) is 1. The second-order valence-corrected chi connectivity index (χ2v) is 9.67. The van der Waals surface area contributed by atoms with Gasteiger partial charge in [-0.2, -0.15) is 0 Å². The number of sulfone groups is 1. The van der Waals surface area contributed by atoms with Gasteiger partial charge in [-0.15, -0.1) is 0 Å². The first kappa shape index (κ1) is 19.8. The molecule has 2 rings (SSSR count).